The molecule has 0 heterocycles. The van der Waals surface area contributed by atoms with Crippen LogP contribution in [0, 0.1) is 5.92 Å². The van der Waals surface area contributed by atoms with E-state index in [0.29, 0.717) is 19.3 Å². The lowest BCUT2D eigenvalue weighted by Gasteiger charge is -2.18. The van der Waals surface area contributed by atoms with Crippen molar-refractivity contribution in [1.29, 1.82) is 0 Å². The van der Waals surface area contributed by atoms with Crippen molar-refractivity contribution in [1.82, 2.24) is 0 Å². The average Bonchev–Trinajstić information content (AvgIpc) is 3.17. The molecule has 0 N–H and O–H groups in total. The molecule has 0 aliphatic heterocycles. The van der Waals surface area contributed by atoms with E-state index in [1.54, 1.807) is 0 Å². The molecule has 0 aromatic rings. The summed E-state index contributed by atoms with van der Waals surface area (Å²) in [6.45, 7) is 8.94. The maximum absolute atomic E-state index is 12.6. The molecule has 6 nitrogen and oxygen atoms in total. The second-order valence-corrected chi connectivity index (χ2v) is 17.2. The van der Waals surface area contributed by atoms with Crippen molar-refractivity contribution in [3.05, 3.63) is 0 Å². The van der Waals surface area contributed by atoms with E-state index in [1.807, 2.05) is 0 Å². The monoisotopic (exact) mass is 779 g/mol. The van der Waals surface area contributed by atoms with Crippen LogP contribution >= 0.6 is 0 Å². The van der Waals surface area contributed by atoms with Crippen LogP contribution in [0.1, 0.15) is 272 Å². The predicted molar refractivity (Wildman–Crippen MR) is 233 cm³/mol. The van der Waals surface area contributed by atoms with Gasteiger partial charge in [0.2, 0.25) is 0 Å². The zero-order chi connectivity index (χ0) is 40.3. The zero-order valence-corrected chi connectivity index (χ0v) is 37.4. The number of hydrogen-bond donors (Lipinski definition) is 0. The molecule has 6 heteroatoms. The SMILES string of the molecule is CCCCCCCCCCCCCCCCCCCCCC(=O)OC[C@H](COC(=O)CCCCCCCCCCC(C)C)OC(=O)CCCCCCCCC. The molecular weight excluding hydrogens is 685 g/mol. The lowest BCUT2D eigenvalue weighted by Crippen LogP contribution is -2.30. The number of esters is 3. The van der Waals surface area contributed by atoms with Crippen molar-refractivity contribution in [3.63, 3.8) is 0 Å². The topological polar surface area (TPSA) is 78.9 Å². The fourth-order valence-electron chi connectivity index (χ4n) is 7.33. The van der Waals surface area contributed by atoms with Gasteiger partial charge in [0.05, 0.1) is 0 Å². The molecule has 0 aromatic carbocycles. The Morgan fingerprint density at radius 3 is 0.891 bits per heavy atom. The van der Waals surface area contributed by atoms with E-state index in [2.05, 4.69) is 27.7 Å². The Morgan fingerprint density at radius 1 is 0.345 bits per heavy atom. The fraction of sp³-hybridized carbons (Fsp3) is 0.939. The summed E-state index contributed by atoms with van der Waals surface area (Å²) in [7, 11) is 0. The molecule has 0 amide bonds. The highest BCUT2D eigenvalue weighted by atomic mass is 16.6. The Bertz CT molecular complexity index is 826. The molecular formula is C49H94O6. The molecule has 0 aromatic heterocycles. The normalized spacial score (nSPS) is 11.9. The van der Waals surface area contributed by atoms with Crippen molar-refractivity contribution in [3.8, 4) is 0 Å². The van der Waals surface area contributed by atoms with Crippen molar-refractivity contribution < 1.29 is 28.6 Å². The Kier molecular flexibility index (Phi) is 42.3. The molecule has 0 saturated heterocycles. The van der Waals surface area contributed by atoms with Crippen LogP contribution in [0.25, 0.3) is 0 Å². The Balaban J connectivity index is 4.13. The molecule has 0 unspecified atom stereocenters. The van der Waals surface area contributed by atoms with Gasteiger partial charge in [-0.2, -0.15) is 0 Å². The van der Waals surface area contributed by atoms with E-state index in [-0.39, 0.29) is 31.1 Å². The van der Waals surface area contributed by atoms with Crippen LogP contribution in [0.5, 0.6) is 0 Å². The standard InChI is InChI=1S/C49H94O6/c1-5-7-9-11-13-14-15-16-17-18-19-20-21-22-23-24-29-32-36-40-47(50)53-43-46(55-49(52)42-38-34-27-12-10-8-6-2)44-54-48(51)41-37-33-30-26-25-28-31-35-39-45(3)4/h45-46H,5-44H2,1-4H3/t46-/m1/s1. The quantitative estimate of drug-likeness (QED) is 0.0348. The maximum Gasteiger partial charge on any atom is 0.306 e. The molecule has 0 saturated carbocycles. The Hall–Kier alpha value is -1.59. The summed E-state index contributed by atoms with van der Waals surface area (Å²) in [6.07, 6.45) is 44.0. The summed E-state index contributed by atoms with van der Waals surface area (Å²) in [5.41, 5.74) is 0. The summed E-state index contributed by atoms with van der Waals surface area (Å²) in [5, 5.41) is 0. The van der Waals surface area contributed by atoms with Gasteiger partial charge in [0.1, 0.15) is 13.2 Å². The largest absolute Gasteiger partial charge is 0.462 e. The van der Waals surface area contributed by atoms with E-state index in [1.165, 1.54) is 167 Å². The number of carbonyl (C=O) groups is 3. The molecule has 0 aliphatic carbocycles. The van der Waals surface area contributed by atoms with E-state index >= 15 is 0 Å². The lowest BCUT2D eigenvalue weighted by atomic mass is 10.0. The van der Waals surface area contributed by atoms with Crippen molar-refractivity contribution in [2.45, 2.75) is 278 Å². The first-order valence-corrected chi connectivity index (χ1v) is 24.4. The number of carbonyl (C=O) groups excluding carboxylic acids is 3. The number of ether oxygens (including phenoxy) is 3. The molecule has 0 aliphatic rings. The van der Waals surface area contributed by atoms with Crippen molar-refractivity contribution >= 4 is 17.9 Å². The minimum Gasteiger partial charge on any atom is -0.462 e. The van der Waals surface area contributed by atoms with E-state index in [4.69, 9.17) is 14.2 Å². The number of hydrogen-bond acceptors (Lipinski definition) is 6. The first kappa shape index (κ1) is 53.4. The lowest BCUT2D eigenvalue weighted by molar-refractivity contribution is -0.167. The van der Waals surface area contributed by atoms with Gasteiger partial charge in [-0.1, -0.05) is 233 Å². The summed E-state index contributed by atoms with van der Waals surface area (Å²) >= 11 is 0. The van der Waals surface area contributed by atoms with Gasteiger partial charge in [0.25, 0.3) is 0 Å². The maximum atomic E-state index is 12.6. The van der Waals surface area contributed by atoms with Crippen LogP contribution in [0.2, 0.25) is 0 Å². The molecule has 0 radical (unpaired) electrons. The molecule has 0 rings (SSSR count). The first-order chi connectivity index (χ1) is 26.9. The van der Waals surface area contributed by atoms with Gasteiger partial charge in [0, 0.05) is 19.3 Å². The minimum absolute atomic E-state index is 0.0643. The number of rotatable bonds is 44. The molecule has 0 bridgehead atoms. The highest BCUT2D eigenvalue weighted by molar-refractivity contribution is 5.71. The van der Waals surface area contributed by atoms with Gasteiger partial charge in [0.15, 0.2) is 6.10 Å². The van der Waals surface area contributed by atoms with Crippen LogP contribution in [0.3, 0.4) is 0 Å². The summed E-state index contributed by atoms with van der Waals surface area (Å²) in [5.74, 6) is -0.0626. The Labute approximate surface area is 342 Å². The van der Waals surface area contributed by atoms with Crippen molar-refractivity contribution in [2.24, 2.45) is 5.92 Å². The summed E-state index contributed by atoms with van der Waals surface area (Å²) in [6, 6.07) is 0. The van der Waals surface area contributed by atoms with Gasteiger partial charge in [-0.25, -0.2) is 0 Å². The predicted octanol–water partition coefficient (Wildman–Crippen LogP) is 15.5. The van der Waals surface area contributed by atoms with E-state index < -0.39 is 6.10 Å². The van der Waals surface area contributed by atoms with Crippen LogP contribution < -0.4 is 0 Å². The van der Waals surface area contributed by atoms with Crippen LogP contribution in [0.4, 0.5) is 0 Å². The molecule has 1 atom stereocenters. The molecule has 0 spiro atoms. The third-order valence-corrected chi connectivity index (χ3v) is 11.0. The van der Waals surface area contributed by atoms with Crippen LogP contribution in [0.15, 0.2) is 0 Å². The zero-order valence-electron chi connectivity index (χ0n) is 37.4. The van der Waals surface area contributed by atoms with Crippen LogP contribution in [-0.4, -0.2) is 37.2 Å². The van der Waals surface area contributed by atoms with Gasteiger partial charge in [-0.15, -0.1) is 0 Å². The molecule has 55 heavy (non-hydrogen) atoms. The third kappa shape index (κ3) is 43.4. The van der Waals surface area contributed by atoms with E-state index in [9.17, 15) is 14.4 Å². The highest BCUT2D eigenvalue weighted by Crippen LogP contribution is 2.17. The van der Waals surface area contributed by atoms with E-state index in [0.717, 1.165) is 63.7 Å². The highest BCUT2D eigenvalue weighted by Gasteiger charge is 2.19. The number of unbranched alkanes of at least 4 members (excludes halogenated alkanes) is 31. The first-order valence-electron chi connectivity index (χ1n) is 24.4. The van der Waals surface area contributed by atoms with Gasteiger partial charge >= 0.3 is 17.9 Å². The second kappa shape index (κ2) is 43.5. The smallest absolute Gasteiger partial charge is 0.306 e. The second-order valence-electron chi connectivity index (χ2n) is 17.2. The van der Waals surface area contributed by atoms with Crippen LogP contribution in [-0.2, 0) is 28.6 Å². The average molecular weight is 779 g/mol. The van der Waals surface area contributed by atoms with Crippen molar-refractivity contribution in [2.75, 3.05) is 13.2 Å². The minimum atomic E-state index is -0.759. The third-order valence-electron chi connectivity index (χ3n) is 11.0. The van der Waals surface area contributed by atoms with Gasteiger partial charge < -0.3 is 14.2 Å². The van der Waals surface area contributed by atoms with Gasteiger partial charge in [-0.05, 0) is 25.2 Å². The van der Waals surface area contributed by atoms with Gasteiger partial charge in [-0.3, -0.25) is 14.4 Å². The molecule has 0 fully saturated rings. The summed E-state index contributed by atoms with van der Waals surface area (Å²) in [4.78, 5) is 37.6. The fourth-order valence-corrected chi connectivity index (χ4v) is 7.33. The summed E-state index contributed by atoms with van der Waals surface area (Å²) < 4.78 is 16.7. The Morgan fingerprint density at radius 2 is 0.600 bits per heavy atom. The molecule has 326 valence electrons.